The number of hydrogen-bond donors (Lipinski definition) is 1. The van der Waals surface area contributed by atoms with Crippen molar-refractivity contribution < 1.29 is 9.59 Å². The van der Waals surface area contributed by atoms with Gasteiger partial charge >= 0.3 is 0 Å². The molecule has 4 nitrogen and oxygen atoms in total. The van der Waals surface area contributed by atoms with Gasteiger partial charge in [-0.1, -0.05) is 44.2 Å². The van der Waals surface area contributed by atoms with Crippen molar-refractivity contribution in [1.29, 1.82) is 0 Å². The Morgan fingerprint density at radius 1 is 1.21 bits per heavy atom. The van der Waals surface area contributed by atoms with Gasteiger partial charge in [-0.3, -0.25) is 9.59 Å². The van der Waals surface area contributed by atoms with Crippen molar-refractivity contribution >= 4 is 33.4 Å². The van der Waals surface area contributed by atoms with Gasteiger partial charge in [0.15, 0.2) is 0 Å². The molecule has 24 heavy (non-hydrogen) atoms. The summed E-state index contributed by atoms with van der Waals surface area (Å²) in [4.78, 5) is 25.8. The highest BCUT2D eigenvalue weighted by Crippen LogP contribution is 2.27. The van der Waals surface area contributed by atoms with Crippen molar-refractivity contribution in [3.8, 4) is 0 Å². The van der Waals surface area contributed by atoms with Gasteiger partial charge in [-0.25, -0.2) is 0 Å². The third-order valence-corrected chi connectivity index (χ3v) is 5.37. The number of rotatable bonds is 7. The number of likely N-dealkylation sites (N-methyl/N-ethyl adjacent to an activating group) is 1. The van der Waals surface area contributed by atoms with Crippen LogP contribution in [0.5, 0.6) is 0 Å². The van der Waals surface area contributed by atoms with Crippen LogP contribution >= 0.6 is 15.9 Å². The molecule has 0 aliphatic heterocycles. The first-order valence-corrected chi connectivity index (χ1v) is 9.64. The van der Waals surface area contributed by atoms with Gasteiger partial charge in [0, 0.05) is 17.9 Å². The number of nitrogens with zero attached hydrogens (tertiary/aromatic N) is 1. The van der Waals surface area contributed by atoms with E-state index in [2.05, 4.69) is 21.2 Å². The van der Waals surface area contributed by atoms with Gasteiger partial charge in [-0.2, -0.15) is 0 Å². The van der Waals surface area contributed by atoms with Crippen LogP contribution in [0.15, 0.2) is 28.7 Å². The van der Waals surface area contributed by atoms with E-state index in [0.717, 1.165) is 28.9 Å². The number of carbonyl (C=O) groups excluding carboxylic acids is 2. The molecule has 0 unspecified atom stereocenters. The van der Waals surface area contributed by atoms with E-state index in [4.69, 9.17) is 0 Å². The quantitative estimate of drug-likeness (QED) is 0.734. The Morgan fingerprint density at radius 3 is 2.62 bits per heavy atom. The summed E-state index contributed by atoms with van der Waals surface area (Å²) in [6, 6.07) is 7.45. The summed E-state index contributed by atoms with van der Waals surface area (Å²) in [5, 5.41) is 2.82. The summed E-state index contributed by atoms with van der Waals surface area (Å²) in [7, 11) is 1.70. The van der Waals surface area contributed by atoms with Gasteiger partial charge in [-0.15, -0.1) is 0 Å². The molecule has 1 aliphatic rings. The van der Waals surface area contributed by atoms with E-state index in [9.17, 15) is 9.59 Å². The lowest BCUT2D eigenvalue weighted by atomic mass is 9.86. The lowest BCUT2D eigenvalue weighted by Crippen LogP contribution is -2.34. The average Bonchev–Trinajstić information content (AvgIpc) is 2.57. The predicted molar refractivity (Wildman–Crippen MR) is 101 cm³/mol. The number of anilines is 1. The number of para-hydroxylation sites is 1. The Balaban J connectivity index is 1.68. The fourth-order valence-corrected chi connectivity index (χ4v) is 3.65. The number of carbonyl (C=O) groups is 2. The lowest BCUT2D eigenvalue weighted by molar-refractivity contribution is -0.133. The van der Waals surface area contributed by atoms with Gasteiger partial charge in [0.25, 0.3) is 0 Å². The molecule has 0 spiro atoms. The van der Waals surface area contributed by atoms with Gasteiger partial charge in [0.05, 0.1) is 12.2 Å². The van der Waals surface area contributed by atoms with E-state index in [1.165, 1.54) is 37.0 Å². The van der Waals surface area contributed by atoms with Crippen molar-refractivity contribution in [3.05, 3.63) is 28.7 Å². The van der Waals surface area contributed by atoms with E-state index in [1.807, 2.05) is 24.3 Å². The Kier molecular flexibility index (Phi) is 7.76. The van der Waals surface area contributed by atoms with E-state index in [1.54, 1.807) is 7.05 Å². The maximum Gasteiger partial charge on any atom is 0.244 e. The number of amides is 2. The predicted octanol–water partition coefficient (Wildman–Crippen LogP) is 4.60. The first-order chi connectivity index (χ1) is 11.6. The Bertz CT molecular complexity index is 556. The number of benzene rings is 1. The summed E-state index contributed by atoms with van der Waals surface area (Å²) >= 11 is 3.40. The third kappa shape index (κ3) is 6.27. The average molecular weight is 395 g/mol. The minimum absolute atomic E-state index is 0.0492. The highest BCUT2D eigenvalue weighted by molar-refractivity contribution is 9.10. The molecule has 1 fully saturated rings. The second kappa shape index (κ2) is 9.82. The zero-order valence-electron chi connectivity index (χ0n) is 14.4. The second-order valence-electron chi connectivity index (χ2n) is 6.67. The molecule has 132 valence electrons. The monoisotopic (exact) mass is 394 g/mol. The smallest absolute Gasteiger partial charge is 0.244 e. The molecule has 0 aromatic heterocycles. The summed E-state index contributed by atoms with van der Waals surface area (Å²) in [6.45, 7) is 0.0869. The normalized spacial score (nSPS) is 15.1. The zero-order chi connectivity index (χ0) is 17.4. The first kappa shape index (κ1) is 19.0. The van der Waals surface area contributed by atoms with Crippen LogP contribution in [0, 0.1) is 5.92 Å². The van der Waals surface area contributed by atoms with Crippen LogP contribution in [-0.4, -0.2) is 30.3 Å². The van der Waals surface area contributed by atoms with Gasteiger partial charge in [0.1, 0.15) is 0 Å². The lowest BCUT2D eigenvalue weighted by Gasteiger charge is -2.22. The fourth-order valence-electron chi connectivity index (χ4n) is 3.26. The number of nitrogens with one attached hydrogen (secondary N) is 1. The van der Waals surface area contributed by atoms with Gasteiger partial charge in [0.2, 0.25) is 11.8 Å². The van der Waals surface area contributed by atoms with Crippen LogP contribution in [0.4, 0.5) is 5.69 Å². The van der Waals surface area contributed by atoms with E-state index < -0.39 is 0 Å². The van der Waals surface area contributed by atoms with E-state index in [0.29, 0.717) is 6.42 Å². The fraction of sp³-hybridized carbons (Fsp3) is 0.579. The molecule has 2 rings (SSSR count). The van der Waals surface area contributed by atoms with Crippen molar-refractivity contribution in [2.45, 2.75) is 51.4 Å². The highest BCUT2D eigenvalue weighted by Gasteiger charge is 2.16. The Labute approximate surface area is 153 Å². The molecule has 0 bridgehead atoms. The first-order valence-electron chi connectivity index (χ1n) is 8.84. The Morgan fingerprint density at radius 2 is 1.92 bits per heavy atom. The van der Waals surface area contributed by atoms with Crippen molar-refractivity contribution in [3.63, 3.8) is 0 Å². The molecule has 0 radical (unpaired) electrons. The van der Waals surface area contributed by atoms with E-state index in [-0.39, 0.29) is 18.4 Å². The molecule has 1 saturated carbocycles. The van der Waals surface area contributed by atoms with Crippen LogP contribution in [0.1, 0.15) is 51.4 Å². The van der Waals surface area contributed by atoms with Crippen LogP contribution in [0.2, 0.25) is 0 Å². The van der Waals surface area contributed by atoms with Crippen LogP contribution in [-0.2, 0) is 9.59 Å². The van der Waals surface area contributed by atoms with Crippen molar-refractivity contribution in [1.82, 2.24) is 4.90 Å². The Hall–Kier alpha value is -1.36. The summed E-state index contributed by atoms with van der Waals surface area (Å²) < 4.78 is 0.833. The van der Waals surface area contributed by atoms with Crippen LogP contribution in [0.25, 0.3) is 0 Å². The van der Waals surface area contributed by atoms with Gasteiger partial charge < -0.3 is 10.2 Å². The van der Waals surface area contributed by atoms with E-state index >= 15 is 0 Å². The molecule has 1 aliphatic carbocycles. The molecular formula is C19H27BrN2O2. The zero-order valence-corrected chi connectivity index (χ0v) is 16.0. The standard InChI is InChI=1S/C19H27BrN2O2/c1-22(14-18(23)21-17-12-6-5-11-16(17)20)19(24)13-7-10-15-8-3-2-4-9-15/h5-6,11-12,15H,2-4,7-10,13-14H2,1H3,(H,21,23). The van der Waals surface area contributed by atoms with Crippen LogP contribution < -0.4 is 5.32 Å². The molecule has 0 atom stereocenters. The van der Waals surface area contributed by atoms with Crippen LogP contribution in [0.3, 0.4) is 0 Å². The second-order valence-corrected chi connectivity index (χ2v) is 7.53. The SMILES string of the molecule is CN(CC(=O)Nc1ccccc1Br)C(=O)CCCC1CCCCC1. The molecule has 1 aromatic rings. The largest absolute Gasteiger partial charge is 0.336 e. The van der Waals surface area contributed by atoms with Crippen molar-refractivity contribution in [2.24, 2.45) is 5.92 Å². The number of hydrogen-bond acceptors (Lipinski definition) is 2. The summed E-state index contributed by atoms with van der Waals surface area (Å²) in [5.41, 5.74) is 0.723. The highest BCUT2D eigenvalue weighted by atomic mass is 79.9. The molecule has 1 aromatic carbocycles. The molecule has 2 amide bonds. The number of halogens is 1. The molecule has 5 heteroatoms. The summed E-state index contributed by atoms with van der Waals surface area (Å²) in [5.74, 6) is 0.675. The molecule has 0 heterocycles. The minimum Gasteiger partial charge on any atom is -0.336 e. The summed E-state index contributed by atoms with van der Waals surface area (Å²) in [6.07, 6.45) is 9.29. The van der Waals surface area contributed by atoms with Crippen molar-refractivity contribution in [2.75, 3.05) is 18.9 Å². The maximum atomic E-state index is 12.2. The molecule has 0 saturated heterocycles. The maximum absolute atomic E-state index is 12.2. The molecule has 1 N–H and O–H groups in total. The third-order valence-electron chi connectivity index (χ3n) is 4.68. The van der Waals surface area contributed by atoms with Gasteiger partial charge in [-0.05, 0) is 46.8 Å². The topological polar surface area (TPSA) is 49.4 Å². The molecular weight excluding hydrogens is 368 g/mol. The minimum atomic E-state index is -0.176.